The van der Waals surface area contributed by atoms with Gasteiger partial charge in [-0.2, -0.15) is 0 Å². The maximum Gasteiger partial charge on any atom is 0.290 e. The number of ether oxygens (including phenoxy) is 1. The van der Waals surface area contributed by atoms with E-state index in [1.165, 1.54) is 0 Å². The summed E-state index contributed by atoms with van der Waals surface area (Å²) in [4.78, 5) is 36.7. The van der Waals surface area contributed by atoms with Gasteiger partial charge in [0.25, 0.3) is 6.47 Å². The number of piperidine rings is 1. The first-order valence-corrected chi connectivity index (χ1v) is 10.6. The first kappa shape index (κ1) is 22.5. The smallest absolute Gasteiger partial charge is 0.290 e. The van der Waals surface area contributed by atoms with Crippen molar-refractivity contribution in [3.05, 3.63) is 34.9 Å². The lowest BCUT2D eigenvalue weighted by Gasteiger charge is -2.35. The zero-order valence-electron chi connectivity index (χ0n) is 16.8. The van der Waals surface area contributed by atoms with E-state index < -0.39 is 0 Å². The van der Waals surface area contributed by atoms with Gasteiger partial charge < -0.3 is 20.1 Å². The minimum absolute atomic E-state index is 0.0407. The van der Waals surface area contributed by atoms with Crippen LogP contribution in [0, 0.1) is 0 Å². The molecule has 3 aliphatic heterocycles. The fraction of sp³-hybridized carbons (Fsp3) is 0.571. The SMILES string of the molecule is O=C(CN1CCCCC1=O)N[C@@H]1C[C@H]2CO[C@@H](c3ccc(Cl)cc3)CN2C1.O=CO. The molecule has 1 aromatic rings. The highest BCUT2D eigenvalue weighted by molar-refractivity contribution is 6.30. The lowest BCUT2D eigenvalue weighted by atomic mass is 10.1. The maximum absolute atomic E-state index is 12.4. The van der Waals surface area contributed by atoms with Gasteiger partial charge in [-0.05, 0) is 37.0 Å². The van der Waals surface area contributed by atoms with Gasteiger partial charge in [-0.1, -0.05) is 23.7 Å². The van der Waals surface area contributed by atoms with Gasteiger partial charge in [-0.25, -0.2) is 0 Å². The van der Waals surface area contributed by atoms with E-state index >= 15 is 0 Å². The average molecular weight is 438 g/mol. The minimum Gasteiger partial charge on any atom is -0.483 e. The largest absolute Gasteiger partial charge is 0.483 e. The number of likely N-dealkylation sites (tertiary alicyclic amines) is 1. The van der Waals surface area contributed by atoms with Crippen LogP contribution in [0.3, 0.4) is 0 Å². The zero-order valence-corrected chi connectivity index (χ0v) is 17.6. The highest BCUT2D eigenvalue weighted by Gasteiger charge is 2.38. The monoisotopic (exact) mass is 437 g/mol. The Kier molecular flexibility index (Phi) is 8.07. The molecule has 3 atom stereocenters. The Labute approximate surface area is 181 Å². The van der Waals surface area contributed by atoms with E-state index in [0.717, 1.165) is 42.9 Å². The van der Waals surface area contributed by atoms with Crippen LogP contribution in [0.1, 0.15) is 37.4 Å². The molecule has 0 bridgehead atoms. The first-order valence-electron chi connectivity index (χ1n) is 10.3. The molecule has 2 N–H and O–H groups in total. The van der Waals surface area contributed by atoms with Crippen LogP contribution in [0.25, 0.3) is 0 Å². The summed E-state index contributed by atoms with van der Waals surface area (Å²) in [6.45, 7) is 2.96. The highest BCUT2D eigenvalue weighted by atomic mass is 35.5. The lowest BCUT2D eigenvalue weighted by Crippen LogP contribution is -2.46. The molecule has 0 unspecified atom stereocenters. The maximum atomic E-state index is 12.4. The second-order valence-electron chi connectivity index (χ2n) is 7.86. The van der Waals surface area contributed by atoms with E-state index in [1.807, 2.05) is 24.3 Å². The number of amides is 2. The summed E-state index contributed by atoms with van der Waals surface area (Å²) in [5.74, 6) is 0.0460. The number of carboxylic acid groups (broad SMARTS) is 1. The Morgan fingerprint density at radius 1 is 1.27 bits per heavy atom. The molecule has 0 radical (unpaired) electrons. The lowest BCUT2D eigenvalue weighted by molar-refractivity contribution is -0.138. The number of carbonyl (C=O) groups excluding carboxylic acids is 2. The molecule has 8 nitrogen and oxygen atoms in total. The summed E-state index contributed by atoms with van der Waals surface area (Å²) in [6.07, 6.45) is 3.43. The number of fused-ring (bicyclic) bond motifs is 1. The molecule has 0 saturated carbocycles. The van der Waals surface area contributed by atoms with Gasteiger partial charge in [0.15, 0.2) is 0 Å². The molecule has 0 aliphatic carbocycles. The van der Waals surface area contributed by atoms with Gasteiger partial charge in [-0.3, -0.25) is 19.3 Å². The molecule has 0 spiro atoms. The van der Waals surface area contributed by atoms with Crippen molar-refractivity contribution in [3.63, 3.8) is 0 Å². The molecular weight excluding hydrogens is 410 g/mol. The first-order chi connectivity index (χ1) is 14.5. The van der Waals surface area contributed by atoms with Gasteiger partial charge in [0.05, 0.1) is 19.3 Å². The number of carbonyl (C=O) groups is 3. The summed E-state index contributed by atoms with van der Waals surface area (Å²) in [5, 5.41) is 10.7. The van der Waals surface area contributed by atoms with Crippen molar-refractivity contribution < 1.29 is 24.2 Å². The van der Waals surface area contributed by atoms with E-state index in [2.05, 4.69) is 10.2 Å². The normalized spacial score (nSPS) is 26.4. The second-order valence-corrected chi connectivity index (χ2v) is 8.30. The highest BCUT2D eigenvalue weighted by Crippen LogP contribution is 2.30. The molecular formula is C21H28ClN3O5. The number of rotatable bonds is 4. The molecule has 3 saturated heterocycles. The third kappa shape index (κ3) is 5.93. The zero-order chi connectivity index (χ0) is 21.5. The number of hydrogen-bond donors (Lipinski definition) is 2. The quantitative estimate of drug-likeness (QED) is 0.695. The summed E-state index contributed by atoms with van der Waals surface area (Å²) in [7, 11) is 0. The molecule has 0 aromatic heterocycles. The van der Waals surface area contributed by atoms with E-state index in [0.29, 0.717) is 25.6 Å². The van der Waals surface area contributed by atoms with Gasteiger partial charge in [-0.15, -0.1) is 0 Å². The summed E-state index contributed by atoms with van der Waals surface area (Å²) in [6, 6.07) is 8.27. The molecule has 2 amide bonds. The van der Waals surface area contributed by atoms with Crippen molar-refractivity contribution in [1.82, 2.24) is 15.1 Å². The number of benzene rings is 1. The van der Waals surface area contributed by atoms with Crippen LogP contribution in [0.15, 0.2) is 24.3 Å². The molecule has 3 fully saturated rings. The van der Waals surface area contributed by atoms with E-state index in [1.54, 1.807) is 4.90 Å². The Hall–Kier alpha value is -2.16. The number of morpholine rings is 1. The molecule has 30 heavy (non-hydrogen) atoms. The molecule has 9 heteroatoms. The van der Waals surface area contributed by atoms with Crippen LogP contribution in [0.4, 0.5) is 0 Å². The Morgan fingerprint density at radius 3 is 2.70 bits per heavy atom. The van der Waals surface area contributed by atoms with E-state index in [4.69, 9.17) is 26.2 Å². The van der Waals surface area contributed by atoms with Crippen molar-refractivity contribution >= 4 is 29.9 Å². The minimum atomic E-state index is -0.250. The number of nitrogens with one attached hydrogen (secondary N) is 1. The standard InChI is InChI=1S/C20H26ClN3O3.CH2O2/c21-15-6-4-14(5-7-15)18-11-24-10-16(9-17(24)13-27-18)22-19(25)12-23-8-2-1-3-20(23)26;2-1-3/h4-7,16-18H,1-3,8-13H2,(H,22,25);1H,(H,2,3)/t16-,17+,18-;/m1./s1. The van der Waals surface area contributed by atoms with Gasteiger partial charge in [0.2, 0.25) is 11.8 Å². The average Bonchev–Trinajstić information content (AvgIpc) is 3.12. The van der Waals surface area contributed by atoms with Crippen LogP contribution < -0.4 is 5.32 Å². The van der Waals surface area contributed by atoms with Crippen LogP contribution in [-0.2, 0) is 19.1 Å². The fourth-order valence-corrected chi connectivity index (χ4v) is 4.46. The summed E-state index contributed by atoms with van der Waals surface area (Å²) >= 11 is 5.97. The van der Waals surface area contributed by atoms with E-state index in [9.17, 15) is 9.59 Å². The second kappa shape index (κ2) is 10.7. The van der Waals surface area contributed by atoms with Crippen LogP contribution >= 0.6 is 11.6 Å². The fourth-order valence-electron chi connectivity index (χ4n) is 4.33. The van der Waals surface area contributed by atoms with Gasteiger partial charge in [0, 0.05) is 43.2 Å². The predicted octanol–water partition coefficient (Wildman–Crippen LogP) is 1.68. The van der Waals surface area contributed by atoms with Crippen molar-refractivity contribution in [3.8, 4) is 0 Å². The number of nitrogens with zero attached hydrogens (tertiary/aromatic N) is 2. The van der Waals surface area contributed by atoms with Gasteiger partial charge in [0.1, 0.15) is 0 Å². The molecule has 3 aliphatic rings. The Balaban J connectivity index is 0.000000806. The van der Waals surface area contributed by atoms with Crippen molar-refractivity contribution in [2.45, 2.75) is 43.9 Å². The predicted molar refractivity (Wildman–Crippen MR) is 111 cm³/mol. The summed E-state index contributed by atoms with van der Waals surface area (Å²) < 4.78 is 6.06. The van der Waals surface area contributed by atoms with Crippen molar-refractivity contribution in [2.75, 3.05) is 32.8 Å². The van der Waals surface area contributed by atoms with E-state index in [-0.39, 0.29) is 37.0 Å². The Morgan fingerprint density at radius 2 is 2.00 bits per heavy atom. The van der Waals surface area contributed by atoms with Crippen LogP contribution in [0.2, 0.25) is 5.02 Å². The molecule has 3 heterocycles. The molecule has 4 rings (SSSR count). The van der Waals surface area contributed by atoms with Gasteiger partial charge >= 0.3 is 0 Å². The molecule has 1 aromatic carbocycles. The van der Waals surface area contributed by atoms with Crippen LogP contribution in [0.5, 0.6) is 0 Å². The number of hydrogen-bond acceptors (Lipinski definition) is 5. The molecule has 164 valence electrons. The Bertz CT molecular complexity index is 745. The third-order valence-electron chi connectivity index (χ3n) is 5.78. The third-order valence-corrected chi connectivity index (χ3v) is 6.03. The number of halogens is 1. The van der Waals surface area contributed by atoms with Crippen molar-refractivity contribution in [2.24, 2.45) is 0 Å². The summed E-state index contributed by atoms with van der Waals surface area (Å²) in [5.41, 5.74) is 1.13. The van der Waals surface area contributed by atoms with Crippen LogP contribution in [-0.4, -0.2) is 78.1 Å². The topological polar surface area (TPSA) is 99.2 Å². The van der Waals surface area contributed by atoms with Crippen molar-refractivity contribution in [1.29, 1.82) is 0 Å².